The van der Waals surface area contributed by atoms with Crippen LogP contribution in [0.3, 0.4) is 0 Å². The lowest BCUT2D eigenvalue weighted by atomic mass is 9.96. The molecule has 0 spiro atoms. The number of carbonyl (C=O) groups is 3. The van der Waals surface area contributed by atoms with E-state index in [0.717, 1.165) is 31.2 Å². The molecule has 2 rings (SSSR count). The lowest BCUT2D eigenvalue weighted by Gasteiger charge is -2.25. The first-order chi connectivity index (χ1) is 12.4. The summed E-state index contributed by atoms with van der Waals surface area (Å²) in [6.45, 7) is 2.89. The highest BCUT2D eigenvalue weighted by atomic mass is 16.5. The van der Waals surface area contributed by atoms with Gasteiger partial charge in [0.05, 0.1) is 6.04 Å². The highest BCUT2D eigenvalue weighted by Gasteiger charge is 2.31. The lowest BCUT2D eigenvalue weighted by Crippen LogP contribution is -2.50. The minimum Gasteiger partial charge on any atom is -0.482 e. The van der Waals surface area contributed by atoms with Gasteiger partial charge in [0.15, 0.2) is 6.61 Å². The van der Waals surface area contributed by atoms with Gasteiger partial charge in [-0.1, -0.05) is 25.0 Å². The number of benzene rings is 1. The van der Waals surface area contributed by atoms with Gasteiger partial charge in [-0.05, 0) is 43.4 Å². The number of amides is 2. The fraction of sp³-hybridized carbons (Fsp3) is 0.526. The Bertz CT molecular complexity index is 638. The Balaban J connectivity index is 1.97. The average Bonchev–Trinajstić information content (AvgIpc) is 3.12. The summed E-state index contributed by atoms with van der Waals surface area (Å²) in [5.41, 5.74) is 0.869. The third kappa shape index (κ3) is 5.75. The van der Waals surface area contributed by atoms with Crippen molar-refractivity contribution < 1.29 is 24.2 Å². The first-order valence-electron chi connectivity index (χ1n) is 8.89. The van der Waals surface area contributed by atoms with Gasteiger partial charge in [0.2, 0.25) is 11.8 Å². The summed E-state index contributed by atoms with van der Waals surface area (Å²) < 4.78 is 5.10. The van der Waals surface area contributed by atoms with Crippen LogP contribution in [0.2, 0.25) is 0 Å². The zero-order chi connectivity index (χ0) is 19.1. The molecule has 7 heteroatoms. The van der Waals surface area contributed by atoms with Gasteiger partial charge in [0.1, 0.15) is 11.8 Å². The van der Waals surface area contributed by atoms with Crippen molar-refractivity contribution in [1.82, 2.24) is 10.6 Å². The zero-order valence-corrected chi connectivity index (χ0v) is 15.2. The van der Waals surface area contributed by atoms with Gasteiger partial charge in [-0.2, -0.15) is 0 Å². The van der Waals surface area contributed by atoms with Crippen LogP contribution >= 0.6 is 0 Å². The fourth-order valence-corrected chi connectivity index (χ4v) is 3.29. The standard InChI is InChI=1S/C19H26N2O5/c1-12(14-7-9-16(10-8-14)26-11-17(23)24)20-19(25)18(21-13(2)22)15-5-3-4-6-15/h7-10,12,15,18H,3-6,11H2,1-2H3,(H,20,25)(H,21,22)(H,23,24). The first-order valence-corrected chi connectivity index (χ1v) is 8.89. The second-order valence-electron chi connectivity index (χ2n) is 6.70. The highest BCUT2D eigenvalue weighted by molar-refractivity contribution is 5.87. The molecule has 26 heavy (non-hydrogen) atoms. The average molecular weight is 362 g/mol. The van der Waals surface area contributed by atoms with Crippen LogP contribution in [0.15, 0.2) is 24.3 Å². The highest BCUT2D eigenvalue weighted by Crippen LogP contribution is 2.28. The predicted molar refractivity (Wildman–Crippen MR) is 95.7 cm³/mol. The molecule has 1 aromatic rings. The van der Waals surface area contributed by atoms with Crippen molar-refractivity contribution in [2.75, 3.05) is 6.61 Å². The monoisotopic (exact) mass is 362 g/mol. The number of rotatable bonds is 8. The number of hydrogen-bond donors (Lipinski definition) is 3. The summed E-state index contributed by atoms with van der Waals surface area (Å²) in [7, 11) is 0. The number of aliphatic carboxylic acids is 1. The molecule has 0 aliphatic heterocycles. The Hall–Kier alpha value is -2.57. The molecule has 1 saturated carbocycles. The van der Waals surface area contributed by atoms with Crippen molar-refractivity contribution in [2.24, 2.45) is 5.92 Å². The maximum atomic E-state index is 12.7. The van der Waals surface area contributed by atoms with E-state index in [0.29, 0.717) is 5.75 Å². The van der Waals surface area contributed by atoms with Crippen molar-refractivity contribution in [1.29, 1.82) is 0 Å². The molecule has 0 bridgehead atoms. The molecule has 2 atom stereocenters. The van der Waals surface area contributed by atoms with E-state index >= 15 is 0 Å². The lowest BCUT2D eigenvalue weighted by molar-refractivity contribution is -0.139. The maximum Gasteiger partial charge on any atom is 0.341 e. The van der Waals surface area contributed by atoms with Crippen LogP contribution in [-0.2, 0) is 14.4 Å². The summed E-state index contributed by atoms with van der Waals surface area (Å²) in [5, 5.41) is 14.4. The molecule has 2 amide bonds. The van der Waals surface area contributed by atoms with Crippen LogP contribution in [0, 0.1) is 5.92 Å². The van der Waals surface area contributed by atoms with E-state index in [4.69, 9.17) is 9.84 Å². The fourth-order valence-electron chi connectivity index (χ4n) is 3.29. The summed E-state index contributed by atoms with van der Waals surface area (Å²) in [5.74, 6) is -0.782. The van der Waals surface area contributed by atoms with Crippen LogP contribution < -0.4 is 15.4 Å². The topological polar surface area (TPSA) is 105 Å². The number of nitrogens with one attached hydrogen (secondary N) is 2. The zero-order valence-electron chi connectivity index (χ0n) is 15.2. The quantitative estimate of drug-likeness (QED) is 0.656. The number of carboxylic acid groups (broad SMARTS) is 1. The first kappa shape index (κ1) is 19.8. The Morgan fingerprint density at radius 2 is 1.77 bits per heavy atom. The molecule has 0 saturated heterocycles. The Kier molecular flexibility index (Phi) is 7.00. The number of ether oxygens (including phenoxy) is 1. The minimum atomic E-state index is -1.04. The van der Waals surface area contributed by atoms with Gasteiger partial charge in [-0.3, -0.25) is 9.59 Å². The van der Waals surface area contributed by atoms with Crippen LogP contribution in [0.4, 0.5) is 0 Å². The molecule has 142 valence electrons. The second-order valence-corrected chi connectivity index (χ2v) is 6.70. The second kappa shape index (κ2) is 9.22. The third-order valence-corrected chi connectivity index (χ3v) is 4.61. The SMILES string of the molecule is CC(=O)NC(C(=O)NC(C)c1ccc(OCC(=O)O)cc1)C1CCCC1. The predicted octanol–water partition coefficient (Wildman–Crippen LogP) is 2.02. The number of carbonyl (C=O) groups excluding carboxylic acids is 2. The molecule has 1 aliphatic carbocycles. The van der Waals surface area contributed by atoms with E-state index in [9.17, 15) is 14.4 Å². The molecule has 7 nitrogen and oxygen atoms in total. The summed E-state index contributed by atoms with van der Waals surface area (Å²) in [4.78, 5) is 34.7. The molecule has 3 N–H and O–H groups in total. The van der Waals surface area contributed by atoms with E-state index in [2.05, 4.69) is 10.6 Å². The van der Waals surface area contributed by atoms with E-state index in [1.165, 1.54) is 6.92 Å². The minimum absolute atomic E-state index is 0.175. The van der Waals surface area contributed by atoms with Crippen LogP contribution in [0.5, 0.6) is 5.75 Å². The van der Waals surface area contributed by atoms with Gasteiger partial charge in [-0.25, -0.2) is 4.79 Å². The van der Waals surface area contributed by atoms with Crippen LogP contribution in [0.25, 0.3) is 0 Å². The van der Waals surface area contributed by atoms with Gasteiger partial charge in [0, 0.05) is 6.92 Å². The van der Waals surface area contributed by atoms with Gasteiger partial charge in [-0.15, -0.1) is 0 Å². The molecule has 0 radical (unpaired) electrons. The van der Waals surface area contributed by atoms with Crippen molar-refractivity contribution >= 4 is 17.8 Å². The molecule has 1 aromatic carbocycles. The van der Waals surface area contributed by atoms with Crippen molar-refractivity contribution in [3.63, 3.8) is 0 Å². The third-order valence-electron chi connectivity index (χ3n) is 4.61. The van der Waals surface area contributed by atoms with E-state index < -0.39 is 18.6 Å². The summed E-state index contributed by atoms with van der Waals surface area (Å²) >= 11 is 0. The molecule has 1 aliphatic rings. The Morgan fingerprint density at radius 1 is 1.15 bits per heavy atom. The summed E-state index contributed by atoms with van der Waals surface area (Å²) in [6, 6.07) is 6.16. The number of hydrogen-bond acceptors (Lipinski definition) is 4. The van der Waals surface area contributed by atoms with E-state index in [1.807, 2.05) is 6.92 Å². The number of carboxylic acids is 1. The van der Waals surface area contributed by atoms with Crippen LogP contribution in [0.1, 0.15) is 51.1 Å². The molecule has 0 aromatic heterocycles. The van der Waals surface area contributed by atoms with Crippen molar-refractivity contribution in [3.05, 3.63) is 29.8 Å². The summed E-state index contributed by atoms with van der Waals surface area (Å²) in [6.07, 6.45) is 4.06. The largest absolute Gasteiger partial charge is 0.482 e. The smallest absolute Gasteiger partial charge is 0.341 e. The Labute approximate surface area is 153 Å². The van der Waals surface area contributed by atoms with E-state index in [1.54, 1.807) is 24.3 Å². The van der Waals surface area contributed by atoms with Crippen molar-refractivity contribution in [3.8, 4) is 5.75 Å². The Morgan fingerprint density at radius 3 is 2.31 bits per heavy atom. The van der Waals surface area contributed by atoms with Gasteiger partial charge >= 0.3 is 5.97 Å². The van der Waals surface area contributed by atoms with Gasteiger partial charge in [0.25, 0.3) is 0 Å². The maximum absolute atomic E-state index is 12.7. The normalized spacial score (nSPS) is 16.5. The molecular formula is C19H26N2O5. The molecule has 2 unspecified atom stereocenters. The van der Waals surface area contributed by atoms with Crippen LogP contribution in [-0.4, -0.2) is 35.5 Å². The molecular weight excluding hydrogens is 336 g/mol. The molecule has 1 fully saturated rings. The van der Waals surface area contributed by atoms with Gasteiger partial charge < -0.3 is 20.5 Å². The van der Waals surface area contributed by atoms with Crippen molar-refractivity contribution in [2.45, 2.75) is 51.6 Å². The molecule has 0 heterocycles. The van der Waals surface area contributed by atoms with E-state index in [-0.39, 0.29) is 23.8 Å².